The minimum atomic E-state index is -0.0669. The van der Waals surface area contributed by atoms with Gasteiger partial charge in [0.1, 0.15) is 5.75 Å². The van der Waals surface area contributed by atoms with Crippen molar-refractivity contribution in [2.45, 2.75) is 27.3 Å². The molecule has 0 unspecified atom stereocenters. The molecule has 0 aliphatic rings. The van der Waals surface area contributed by atoms with Gasteiger partial charge in [-0.25, -0.2) is 4.68 Å². The lowest BCUT2D eigenvalue weighted by molar-refractivity contribution is -0.132. The van der Waals surface area contributed by atoms with E-state index in [2.05, 4.69) is 5.10 Å². The summed E-state index contributed by atoms with van der Waals surface area (Å²) in [5.74, 6) is 0.642. The molecule has 2 aromatic carbocycles. The first-order valence-corrected chi connectivity index (χ1v) is 8.99. The maximum Gasteiger partial charge on any atom is 0.260 e. The molecule has 140 valence electrons. The van der Waals surface area contributed by atoms with Crippen molar-refractivity contribution in [3.8, 4) is 11.4 Å². The van der Waals surface area contributed by atoms with Crippen molar-refractivity contribution in [2.75, 3.05) is 13.7 Å². The van der Waals surface area contributed by atoms with Gasteiger partial charge in [0.15, 0.2) is 6.61 Å². The third kappa shape index (κ3) is 4.37. The van der Waals surface area contributed by atoms with Gasteiger partial charge in [-0.15, -0.1) is 0 Å². The van der Waals surface area contributed by atoms with Crippen molar-refractivity contribution in [3.05, 3.63) is 77.1 Å². The summed E-state index contributed by atoms with van der Waals surface area (Å²) in [5, 5.41) is 4.64. The van der Waals surface area contributed by atoms with E-state index in [1.807, 2.05) is 80.1 Å². The van der Waals surface area contributed by atoms with Crippen molar-refractivity contribution in [2.24, 2.45) is 0 Å². The highest BCUT2D eigenvalue weighted by atomic mass is 16.5. The summed E-state index contributed by atoms with van der Waals surface area (Å²) in [6.07, 6.45) is 0. The molecule has 0 saturated carbocycles. The van der Waals surface area contributed by atoms with Gasteiger partial charge in [0.2, 0.25) is 0 Å². The van der Waals surface area contributed by atoms with Crippen LogP contribution in [0.4, 0.5) is 0 Å². The third-order valence-corrected chi connectivity index (χ3v) is 4.61. The van der Waals surface area contributed by atoms with Crippen LogP contribution < -0.4 is 4.74 Å². The van der Waals surface area contributed by atoms with E-state index in [4.69, 9.17) is 4.74 Å². The molecule has 0 radical (unpaired) electrons. The molecule has 0 N–H and O–H groups in total. The third-order valence-electron chi connectivity index (χ3n) is 4.61. The fourth-order valence-corrected chi connectivity index (χ4v) is 3.01. The predicted octanol–water partition coefficient (Wildman–Crippen LogP) is 3.83. The van der Waals surface area contributed by atoms with Crippen LogP contribution in [-0.2, 0) is 11.3 Å². The molecule has 1 amide bonds. The van der Waals surface area contributed by atoms with Gasteiger partial charge in [0, 0.05) is 24.8 Å². The first-order chi connectivity index (χ1) is 13.0. The number of benzene rings is 2. The number of aryl methyl sites for hydroxylation is 2. The Labute approximate surface area is 160 Å². The molecule has 0 atom stereocenters. The maximum atomic E-state index is 12.5. The number of ether oxygens (including phenoxy) is 1. The number of hydrogen-bond acceptors (Lipinski definition) is 3. The number of amides is 1. The van der Waals surface area contributed by atoms with Crippen LogP contribution in [0.2, 0.25) is 0 Å². The molecule has 27 heavy (non-hydrogen) atoms. The molecule has 0 bridgehead atoms. The fourth-order valence-electron chi connectivity index (χ4n) is 3.01. The number of aromatic nitrogens is 2. The molecule has 0 aliphatic carbocycles. The number of carbonyl (C=O) groups is 1. The van der Waals surface area contributed by atoms with Crippen molar-refractivity contribution in [1.29, 1.82) is 0 Å². The van der Waals surface area contributed by atoms with Crippen LogP contribution in [0.1, 0.15) is 22.5 Å². The normalized spacial score (nSPS) is 10.7. The molecule has 0 fully saturated rings. The van der Waals surface area contributed by atoms with Gasteiger partial charge in [-0.2, -0.15) is 5.10 Å². The monoisotopic (exact) mass is 363 g/mol. The summed E-state index contributed by atoms with van der Waals surface area (Å²) in [6, 6.07) is 17.7. The lowest BCUT2D eigenvalue weighted by atomic mass is 10.2. The SMILES string of the molecule is Cc1cccc(OCC(=O)N(C)Cc2c(C)nn(-c3ccccc3)c2C)c1. The fraction of sp³-hybridized carbons (Fsp3) is 0.273. The van der Waals surface area contributed by atoms with E-state index in [1.54, 1.807) is 11.9 Å². The van der Waals surface area contributed by atoms with E-state index >= 15 is 0 Å². The molecule has 5 nitrogen and oxygen atoms in total. The molecule has 3 rings (SSSR count). The highest BCUT2D eigenvalue weighted by molar-refractivity contribution is 5.77. The molecule has 5 heteroatoms. The Morgan fingerprint density at radius 3 is 2.52 bits per heavy atom. The Balaban J connectivity index is 1.67. The molecular formula is C22H25N3O2. The molecule has 0 saturated heterocycles. The quantitative estimate of drug-likeness (QED) is 0.669. The lowest BCUT2D eigenvalue weighted by Gasteiger charge is -2.18. The van der Waals surface area contributed by atoms with Gasteiger partial charge < -0.3 is 9.64 Å². The topological polar surface area (TPSA) is 47.4 Å². The van der Waals surface area contributed by atoms with Crippen LogP contribution in [0.3, 0.4) is 0 Å². The van der Waals surface area contributed by atoms with Gasteiger partial charge in [-0.3, -0.25) is 4.79 Å². The van der Waals surface area contributed by atoms with Crippen molar-refractivity contribution >= 4 is 5.91 Å². The average Bonchev–Trinajstić information content (AvgIpc) is 2.95. The minimum absolute atomic E-state index is 0.0187. The Morgan fingerprint density at radius 1 is 1.07 bits per heavy atom. The van der Waals surface area contributed by atoms with E-state index in [9.17, 15) is 4.79 Å². The van der Waals surface area contributed by atoms with Gasteiger partial charge in [-0.05, 0) is 50.6 Å². The predicted molar refractivity (Wildman–Crippen MR) is 106 cm³/mol. The largest absolute Gasteiger partial charge is 0.484 e. The number of likely N-dealkylation sites (N-methyl/N-ethyl adjacent to an activating group) is 1. The average molecular weight is 363 g/mol. The van der Waals surface area contributed by atoms with Gasteiger partial charge in [0.05, 0.1) is 11.4 Å². The van der Waals surface area contributed by atoms with Crippen LogP contribution >= 0.6 is 0 Å². The first kappa shape index (κ1) is 18.7. The van der Waals surface area contributed by atoms with Crippen LogP contribution in [0, 0.1) is 20.8 Å². The number of nitrogens with zero attached hydrogens (tertiary/aromatic N) is 3. The van der Waals surface area contributed by atoms with Crippen LogP contribution in [0.25, 0.3) is 5.69 Å². The smallest absolute Gasteiger partial charge is 0.260 e. The summed E-state index contributed by atoms with van der Waals surface area (Å²) in [7, 11) is 1.79. The number of para-hydroxylation sites is 1. The number of rotatable bonds is 6. The van der Waals surface area contributed by atoms with E-state index in [0.29, 0.717) is 12.3 Å². The van der Waals surface area contributed by atoms with Gasteiger partial charge >= 0.3 is 0 Å². The Hall–Kier alpha value is -3.08. The standard InChI is InChI=1S/C22H25N3O2/c1-16-9-8-12-20(13-16)27-15-22(26)24(4)14-21-17(2)23-25(18(21)3)19-10-6-5-7-11-19/h5-13H,14-15H2,1-4H3. The number of carbonyl (C=O) groups excluding carboxylic acids is 1. The van der Waals surface area contributed by atoms with Gasteiger partial charge in [-0.1, -0.05) is 30.3 Å². The Morgan fingerprint density at radius 2 is 1.81 bits per heavy atom. The zero-order valence-corrected chi connectivity index (χ0v) is 16.3. The second-order valence-electron chi connectivity index (χ2n) is 6.75. The molecule has 1 aromatic heterocycles. The molecular weight excluding hydrogens is 338 g/mol. The molecule has 0 aliphatic heterocycles. The summed E-state index contributed by atoms with van der Waals surface area (Å²) < 4.78 is 7.55. The van der Waals surface area contributed by atoms with Crippen molar-refractivity contribution < 1.29 is 9.53 Å². The maximum absolute atomic E-state index is 12.5. The van der Waals surface area contributed by atoms with Crippen molar-refractivity contribution in [1.82, 2.24) is 14.7 Å². The van der Waals surface area contributed by atoms with Gasteiger partial charge in [0.25, 0.3) is 5.91 Å². The first-order valence-electron chi connectivity index (χ1n) is 8.99. The molecule has 0 spiro atoms. The highest BCUT2D eigenvalue weighted by Gasteiger charge is 2.17. The van der Waals surface area contributed by atoms with Crippen LogP contribution in [0.5, 0.6) is 5.75 Å². The summed E-state index contributed by atoms with van der Waals surface area (Å²) in [5.41, 5.74) is 5.15. The second kappa shape index (κ2) is 8.08. The van der Waals surface area contributed by atoms with E-state index < -0.39 is 0 Å². The van der Waals surface area contributed by atoms with E-state index in [-0.39, 0.29) is 12.5 Å². The Bertz CT molecular complexity index is 932. The zero-order valence-electron chi connectivity index (χ0n) is 16.3. The highest BCUT2D eigenvalue weighted by Crippen LogP contribution is 2.19. The molecule has 1 heterocycles. The van der Waals surface area contributed by atoms with Crippen LogP contribution in [-0.4, -0.2) is 34.2 Å². The minimum Gasteiger partial charge on any atom is -0.484 e. The molecule has 3 aromatic rings. The van der Waals surface area contributed by atoms with Crippen molar-refractivity contribution in [3.63, 3.8) is 0 Å². The van der Waals surface area contributed by atoms with Crippen LogP contribution in [0.15, 0.2) is 54.6 Å². The zero-order chi connectivity index (χ0) is 19.4. The lowest BCUT2D eigenvalue weighted by Crippen LogP contribution is -2.31. The summed E-state index contributed by atoms with van der Waals surface area (Å²) in [4.78, 5) is 14.2. The summed E-state index contributed by atoms with van der Waals surface area (Å²) >= 11 is 0. The van der Waals surface area contributed by atoms with E-state index in [0.717, 1.165) is 28.2 Å². The number of hydrogen-bond donors (Lipinski definition) is 0. The van der Waals surface area contributed by atoms with E-state index in [1.165, 1.54) is 0 Å². The summed E-state index contributed by atoms with van der Waals surface area (Å²) in [6.45, 7) is 6.52. The Kier molecular flexibility index (Phi) is 5.60. The second-order valence-corrected chi connectivity index (χ2v) is 6.75.